The van der Waals surface area contributed by atoms with Crippen molar-refractivity contribution < 1.29 is 40.7 Å². The zero-order chi connectivity index (χ0) is 28.3. The van der Waals surface area contributed by atoms with Crippen molar-refractivity contribution in [1.82, 2.24) is 15.1 Å². The zero-order valence-corrected chi connectivity index (χ0v) is 21.8. The van der Waals surface area contributed by atoms with Crippen molar-refractivity contribution in [2.45, 2.75) is 83.3 Å². The molecule has 6 nitrogen and oxygen atoms in total. The number of ether oxygens (including phenoxy) is 1. The number of amides is 2. The molecule has 1 aliphatic carbocycles. The van der Waals surface area contributed by atoms with Gasteiger partial charge in [-0.1, -0.05) is 0 Å². The van der Waals surface area contributed by atoms with Gasteiger partial charge in [-0.2, -0.15) is 26.3 Å². The topological polar surface area (TPSA) is 61.9 Å². The Morgan fingerprint density at radius 2 is 1.45 bits per heavy atom. The number of carbonyl (C=O) groups excluding carboxylic acids is 2. The average molecular weight is 552 g/mol. The van der Waals surface area contributed by atoms with E-state index in [2.05, 4.69) is 10.2 Å². The van der Waals surface area contributed by atoms with Gasteiger partial charge in [-0.25, -0.2) is 4.79 Å². The van der Waals surface area contributed by atoms with E-state index in [1.165, 1.54) is 0 Å². The summed E-state index contributed by atoms with van der Waals surface area (Å²) in [5, 5.41) is 2.49. The average Bonchev–Trinajstić information content (AvgIpc) is 3.32. The lowest BCUT2D eigenvalue weighted by Gasteiger charge is -2.41. The molecule has 2 fully saturated rings. The Hall–Kier alpha value is -2.50. The smallest absolute Gasteiger partial charge is 0.416 e. The predicted octanol–water partition coefficient (Wildman–Crippen LogP) is 6.30. The molecule has 2 aliphatic rings. The van der Waals surface area contributed by atoms with E-state index in [0.717, 1.165) is 25.7 Å². The minimum atomic E-state index is -5.02. The van der Waals surface area contributed by atoms with Crippen LogP contribution in [0.3, 0.4) is 0 Å². The van der Waals surface area contributed by atoms with Crippen LogP contribution < -0.4 is 5.32 Å². The largest absolute Gasteiger partial charge is 0.446 e. The molecule has 2 amide bonds. The van der Waals surface area contributed by atoms with Crippen molar-refractivity contribution in [3.05, 3.63) is 34.9 Å². The fraction of sp³-hybridized carbons (Fsp3) is 0.692. The molecule has 38 heavy (non-hydrogen) atoms. The summed E-state index contributed by atoms with van der Waals surface area (Å²) in [7, 11) is 0. The number of carbonyl (C=O) groups is 2. The Kier molecular flexibility index (Phi) is 9.26. The lowest BCUT2D eigenvalue weighted by molar-refractivity contribution is -0.143. The van der Waals surface area contributed by atoms with Gasteiger partial charge < -0.3 is 10.1 Å². The van der Waals surface area contributed by atoms with Crippen molar-refractivity contribution in [1.29, 1.82) is 0 Å². The van der Waals surface area contributed by atoms with E-state index in [-0.39, 0.29) is 30.7 Å². The van der Waals surface area contributed by atoms with E-state index in [1.54, 1.807) is 4.90 Å². The summed E-state index contributed by atoms with van der Waals surface area (Å²) in [4.78, 5) is 29.1. The van der Waals surface area contributed by atoms with Gasteiger partial charge >= 0.3 is 18.4 Å². The Morgan fingerprint density at radius 3 is 1.92 bits per heavy atom. The third-order valence-corrected chi connectivity index (χ3v) is 7.05. The first kappa shape index (κ1) is 30.0. The highest BCUT2D eigenvalue weighted by Crippen LogP contribution is 2.36. The number of benzene rings is 1. The highest BCUT2D eigenvalue weighted by molar-refractivity contribution is 5.94. The van der Waals surface area contributed by atoms with E-state index in [9.17, 15) is 35.9 Å². The van der Waals surface area contributed by atoms with Crippen molar-refractivity contribution >= 4 is 12.0 Å². The summed E-state index contributed by atoms with van der Waals surface area (Å²) in [5.74, 6) is -0.991. The second-order valence-electron chi connectivity index (χ2n) is 11.1. The molecule has 0 bridgehead atoms. The molecule has 0 aromatic heterocycles. The molecular weight excluding hydrogens is 516 g/mol. The van der Waals surface area contributed by atoms with Gasteiger partial charge in [-0.3, -0.25) is 14.6 Å². The molecule has 1 saturated heterocycles. The van der Waals surface area contributed by atoms with E-state index in [0.29, 0.717) is 44.7 Å². The summed E-state index contributed by atoms with van der Waals surface area (Å²) in [5.41, 5.74) is -4.20. The van der Waals surface area contributed by atoms with Gasteiger partial charge in [0.1, 0.15) is 6.10 Å². The van der Waals surface area contributed by atoms with Crippen LogP contribution in [0.15, 0.2) is 18.2 Å². The van der Waals surface area contributed by atoms with Crippen molar-refractivity contribution in [2.75, 3.05) is 26.3 Å². The van der Waals surface area contributed by atoms with Gasteiger partial charge in [0.05, 0.1) is 17.8 Å². The van der Waals surface area contributed by atoms with Crippen molar-refractivity contribution in [2.24, 2.45) is 5.92 Å². The minimum absolute atomic E-state index is 0.00305. The molecule has 214 valence electrons. The predicted molar refractivity (Wildman–Crippen MR) is 128 cm³/mol. The van der Waals surface area contributed by atoms with Gasteiger partial charge in [0.2, 0.25) is 0 Å². The maximum atomic E-state index is 13.1. The summed E-state index contributed by atoms with van der Waals surface area (Å²) in [6, 6.07) is 0.856. The van der Waals surface area contributed by atoms with Crippen LogP contribution in [0.5, 0.6) is 0 Å². The first-order valence-corrected chi connectivity index (χ1v) is 12.8. The van der Waals surface area contributed by atoms with Gasteiger partial charge in [-0.05, 0) is 83.4 Å². The van der Waals surface area contributed by atoms with E-state index in [1.807, 2.05) is 20.8 Å². The molecule has 1 N–H and O–H groups in total. The molecule has 1 heterocycles. The van der Waals surface area contributed by atoms with Crippen molar-refractivity contribution in [3.63, 3.8) is 0 Å². The summed E-state index contributed by atoms with van der Waals surface area (Å²) >= 11 is 0. The molecule has 12 heteroatoms. The third kappa shape index (κ3) is 8.25. The number of likely N-dealkylation sites (tertiary alicyclic amines) is 1. The van der Waals surface area contributed by atoms with E-state index in [4.69, 9.17) is 4.74 Å². The number of hydrogen-bond donors (Lipinski definition) is 1. The monoisotopic (exact) mass is 551 g/mol. The second kappa shape index (κ2) is 11.7. The number of nitrogens with one attached hydrogen (secondary N) is 1. The van der Waals surface area contributed by atoms with Crippen LogP contribution in [0.25, 0.3) is 0 Å². The molecule has 1 saturated carbocycles. The lowest BCUT2D eigenvalue weighted by Crippen LogP contribution is -2.53. The fourth-order valence-electron chi connectivity index (χ4n) is 4.71. The Balaban J connectivity index is 1.54. The number of nitrogens with zero attached hydrogens (tertiary/aromatic N) is 2. The van der Waals surface area contributed by atoms with Crippen LogP contribution in [-0.4, -0.2) is 59.7 Å². The molecule has 0 unspecified atom stereocenters. The standard InChI is InChI=1S/C26H35F6N3O3/c1-24(2,3)35(23(37)38-21-6-4-5-7-21)16-34-10-8-17(9-11-34)15-33-22(36)18-12-19(25(27,28)29)14-20(13-18)26(30,31)32/h12-14,17,21H,4-11,15-16H2,1-3H3,(H,33,36). The van der Waals surface area contributed by atoms with Crippen LogP contribution in [-0.2, 0) is 17.1 Å². The van der Waals surface area contributed by atoms with Crippen molar-refractivity contribution in [3.8, 4) is 0 Å². The first-order valence-electron chi connectivity index (χ1n) is 12.8. The Bertz CT molecular complexity index is 944. The van der Waals surface area contributed by atoms with Crippen LogP contribution in [0.1, 0.15) is 80.8 Å². The normalized spacial score (nSPS) is 18.4. The summed E-state index contributed by atoms with van der Waals surface area (Å²) < 4.78 is 84.3. The zero-order valence-electron chi connectivity index (χ0n) is 21.8. The Morgan fingerprint density at radius 1 is 0.921 bits per heavy atom. The number of hydrogen-bond acceptors (Lipinski definition) is 4. The van der Waals surface area contributed by atoms with Crippen LogP contribution in [0, 0.1) is 5.92 Å². The molecule has 1 aliphatic heterocycles. The SMILES string of the molecule is CC(C)(C)N(CN1CCC(CNC(=O)c2cc(C(F)(F)F)cc(C(F)(F)F)c2)CC1)C(=O)OC1CCCC1. The van der Waals surface area contributed by atoms with Crippen LogP contribution in [0.4, 0.5) is 31.1 Å². The maximum absolute atomic E-state index is 13.1. The number of piperidine rings is 1. The van der Waals surface area contributed by atoms with E-state index < -0.39 is 40.5 Å². The lowest BCUT2D eigenvalue weighted by atomic mass is 9.96. The number of rotatable bonds is 6. The number of alkyl halides is 6. The minimum Gasteiger partial charge on any atom is -0.446 e. The highest BCUT2D eigenvalue weighted by Gasteiger charge is 2.38. The third-order valence-electron chi connectivity index (χ3n) is 7.05. The Labute approximate surface area is 218 Å². The molecule has 3 rings (SSSR count). The highest BCUT2D eigenvalue weighted by atomic mass is 19.4. The molecule has 0 radical (unpaired) electrons. The fourth-order valence-corrected chi connectivity index (χ4v) is 4.71. The number of halogens is 6. The molecule has 0 spiro atoms. The molecule has 1 aromatic rings. The quantitative estimate of drug-likeness (QED) is 0.422. The molecular formula is C26H35F6N3O3. The maximum Gasteiger partial charge on any atom is 0.416 e. The molecule has 1 aromatic carbocycles. The van der Waals surface area contributed by atoms with Gasteiger partial charge in [0.25, 0.3) is 5.91 Å². The van der Waals surface area contributed by atoms with Gasteiger partial charge in [-0.15, -0.1) is 0 Å². The van der Waals surface area contributed by atoms with Gasteiger partial charge in [0, 0.05) is 30.7 Å². The van der Waals surface area contributed by atoms with Crippen LogP contribution in [0.2, 0.25) is 0 Å². The van der Waals surface area contributed by atoms with Crippen LogP contribution >= 0.6 is 0 Å². The summed E-state index contributed by atoms with van der Waals surface area (Å²) in [6.45, 7) is 7.53. The second-order valence-corrected chi connectivity index (χ2v) is 11.1. The first-order chi connectivity index (χ1) is 17.5. The van der Waals surface area contributed by atoms with E-state index >= 15 is 0 Å². The molecule has 0 atom stereocenters. The van der Waals surface area contributed by atoms with Gasteiger partial charge in [0.15, 0.2) is 0 Å². The summed E-state index contributed by atoms with van der Waals surface area (Å²) in [6.07, 6.45) is -5.30.